The number of benzene rings is 1. The molecule has 0 saturated heterocycles. The van der Waals surface area contributed by atoms with Crippen molar-refractivity contribution < 1.29 is 23.4 Å². The smallest absolute Gasteiger partial charge is 0.303 e. The summed E-state index contributed by atoms with van der Waals surface area (Å²) >= 11 is 0. The van der Waals surface area contributed by atoms with Crippen LogP contribution < -0.4 is 4.74 Å². The molecule has 0 atom stereocenters. The minimum atomic E-state index is -2.98. The van der Waals surface area contributed by atoms with Gasteiger partial charge in [0, 0.05) is 13.3 Å². The number of hydrogen-bond donors (Lipinski definition) is 1. The van der Waals surface area contributed by atoms with E-state index < -0.39 is 11.9 Å². The molecule has 0 aliphatic heterocycles. The van der Waals surface area contributed by atoms with Crippen LogP contribution >= 0.6 is 0 Å². The number of halogens is 2. The molecule has 1 N–H and O–H groups in total. The fourth-order valence-electron chi connectivity index (χ4n) is 1.70. The van der Waals surface area contributed by atoms with Crippen LogP contribution in [0, 0.1) is 0 Å². The van der Waals surface area contributed by atoms with Crippen LogP contribution in [-0.2, 0) is 17.1 Å². The van der Waals surface area contributed by atoms with E-state index >= 15 is 0 Å². The monoisotopic (exact) mass is 258 g/mol. The lowest BCUT2D eigenvalue weighted by Crippen LogP contribution is -2.10. The highest BCUT2D eigenvalue weighted by atomic mass is 19.3. The van der Waals surface area contributed by atoms with Crippen molar-refractivity contribution >= 4 is 5.97 Å². The third-order valence-corrected chi connectivity index (χ3v) is 2.59. The Kier molecular flexibility index (Phi) is 4.64. The zero-order chi connectivity index (χ0) is 13.8. The van der Waals surface area contributed by atoms with Gasteiger partial charge in [-0.05, 0) is 30.5 Å². The van der Waals surface area contributed by atoms with Gasteiger partial charge in [0.05, 0.1) is 12.7 Å². The van der Waals surface area contributed by atoms with Crippen LogP contribution in [0.2, 0.25) is 0 Å². The Morgan fingerprint density at radius 1 is 1.44 bits per heavy atom. The number of carboxylic acid groups (broad SMARTS) is 1. The fraction of sp³-hybridized carbons (Fsp3) is 0.462. The van der Waals surface area contributed by atoms with Gasteiger partial charge in [-0.25, -0.2) is 8.78 Å². The van der Waals surface area contributed by atoms with Crippen LogP contribution in [0.25, 0.3) is 0 Å². The summed E-state index contributed by atoms with van der Waals surface area (Å²) in [6, 6.07) is 4.54. The Morgan fingerprint density at radius 2 is 2.11 bits per heavy atom. The Balaban J connectivity index is 2.86. The molecule has 0 bridgehead atoms. The lowest BCUT2D eigenvalue weighted by Gasteiger charge is -2.16. The molecule has 100 valence electrons. The quantitative estimate of drug-likeness (QED) is 0.852. The average molecular weight is 258 g/mol. The van der Waals surface area contributed by atoms with Crippen LogP contribution in [0.4, 0.5) is 8.78 Å². The van der Waals surface area contributed by atoms with Gasteiger partial charge in [-0.2, -0.15) is 0 Å². The van der Waals surface area contributed by atoms with Crippen molar-refractivity contribution in [2.24, 2.45) is 0 Å². The van der Waals surface area contributed by atoms with Gasteiger partial charge in [-0.15, -0.1) is 0 Å². The summed E-state index contributed by atoms with van der Waals surface area (Å²) in [6.07, 6.45) is 0.916. The third kappa shape index (κ3) is 3.98. The van der Waals surface area contributed by atoms with Gasteiger partial charge >= 0.3 is 5.97 Å². The molecule has 0 heterocycles. The summed E-state index contributed by atoms with van der Waals surface area (Å²) < 4.78 is 31.6. The molecule has 0 aliphatic carbocycles. The zero-order valence-electron chi connectivity index (χ0n) is 10.4. The van der Waals surface area contributed by atoms with Crippen molar-refractivity contribution in [2.75, 3.05) is 7.11 Å². The van der Waals surface area contributed by atoms with Crippen molar-refractivity contribution in [3.8, 4) is 5.75 Å². The SMILES string of the molecule is COc1ccc(CCCC(=O)O)cc1C(C)(F)F. The van der Waals surface area contributed by atoms with Crippen LogP contribution in [0.15, 0.2) is 18.2 Å². The zero-order valence-corrected chi connectivity index (χ0v) is 10.4. The van der Waals surface area contributed by atoms with Crippen LogP contribution in [0.3, 0.4) is 0 Å². The minimum Gasteiger partial charge on any atom is -0.496 e. The minimum absolute atomic E-state index is 0.0316. The van der Waals surface area contributed by atoms with E-state index in [0.29, 0.717) is 18.4 Å². The van der Waals surface area contributed by atoms with Crippen LogP contribution in [0.1, 0.15) is 30.9 Å². The molecule has 0 fully saturated rings. The predicted molar refractivity (Wildman–Crippen MR) is 63.1 cm³/mol. The third-order valence-electron chi connectivity index (χ3n) is 2.59. The number of rotatable bonds is 6. The Morgan fingerprint density at radius 3 is 2.61 bits per heavy atom. The first-order valence-electron chi connectivity index (χ1n) is 5.61. The Hall–Kier alpha value is -1.65. The lowest BCUT2D eigenvalue weighted by atomic mass is 10.0. The highest BCUT2D eigenvalue weighted by Crippen LogP contribution is 2.35. The van der Waals surface area contributed by atoms with Crippen LogP contribution in [0.5, 0.6) is 5.75 Å². The molecule has 0 unspecified atom stereocenters. The van der Waals surface area contributed by atoms with E-state index in [2.05, 4.69) is 0 Å². The number of hydrogen-bond acceptors (Lipinski definition) is 2. The normalized spacial score (nSPS) is 11.3. The first-order chi connectivity index (χ1) is 8.34. The fourth-order valence-corrected chi connectivity index (χ4v) is 1.70. The van der Waals surface area contributed by atoms with Crippen molar-refractivity contribution in [3.05, 3.63) is 29.3 Å². The number of aliphatic carboxylic acids is 1. The molecular formula is C13H16F2O3. The maximum absolute atomic E-state index is 13.4. The van der Waals surface area contributed by atoms with Gasteiger partial charge in [0.15, 0.2) is 0 Å². The summed E-state index contributed by atoms with van der Waals surface area (Å²) in [5, 5.41) is 8.52. The second kappa shape index (κ2) is 5.80. The summed E-state index contributed by atoms with van der Waals surface area (Å²) in [6.45, 7) is 0.811. The van der Waals surface area contributed by atoms with E-state index in [9.17, 15) is 13.6 Å². The highest BCUT2D eigenvalue weighted by molar-refractivity contribution is 5.66. The number of carboxylic acids is 1. The first kappa shape index (κ1) is 14.4. The van der Waals surface area contributed by atoms with E-state index in [1.54, 1.807) is 6.07 Å². The van der Waals surface area contributed by atoms with E-state index in [-0.39, 0.29) is 17.7 Å². The molecule has 5 heteroatoms. The standard InChI is InChI=1S/C13H16F2O3/c1-13(14,15)10-8-9(4-3-5-12(16)17)6-7-11(10)18-2/h6-8H,3-5H2,1-2H3,(H,16,17). The van der Waals surface area contributed by atoms with Crippen molar-refractivity contribution in [1.82, 2.24) is 0 Å². The Labute approximate surface area is 104 Å². The molecule has 1 rings (SSSR count). The molecular weight excluding hydrogens is 242 g/mol. The molecule has 0 aromatic heterocycles. The number of methoxy groups -OCH3 is 1. The van der Waals surface area contributed by atoms with E-state index in [1.807, 2.05) is 0 Å². The largest absolute Gasteiger partial charge is 0.496 e. The highest BCUT2D eigenvalue weighted by Gasteiger charge is 2.28. The summed E-state index contributed by atoms with van der Waals surface area (Å²) in [5.41, 5.74) is 0.520. The van der Waals surface area contributed by atoms with Gasteiger partial charge in [-0.3, -0.25) is 4.79 Å². The molecule has 18 heavy (non-hydrogen) atoms. The van der Waals surface area contributed by atoms with Gasteiger partial charge in [0.25, 0.3) is 5.92 Å². The second-order valence-electron chi connectivity index (χ2n) is 4.17. The van der Waals surface area contributed by atoms with E-state index in [1.165, 1.54) is 19.2 Å². The first-order valence-corrected chi connectivity index (χ1v) is 5.61. The Bertz CT molecular complexity index is 425. The van der Waals surface area contributed by atoms with E-state index in [4.69, 9.17) is 9.84 Å². The van der Waals surface area contributed by atoms with Crippen molar-refractivity contribution in [3.63, 3.8) is 0 Å². The molecule has 0 spiro atoms. The van der Waals surface area contributed by atoms with Gasteiger partial charge < -0.3 is 9.84 Å². The van der Waals surface area contributed by atoms with Crippen molar-refractivity contribution in [2.45, 2.75) is 32.1 Å². The second-order valence-corrected chi connectivity index (χ2v) is 4.17. The maximum atomic E-state index is 13.4. The summed E-state index contributed by atoms with van der Waals surface area (Å²) in [4.78, 5) is 10.4. The lowest BCUT2D eigenvalue weighted by molar-refractivity contribution is -0.137. The molecule has 1 aromatic rings. The molecule has 1 aromatic carbocycles. The molecule has 0 aliphatic rings. The van der Waals surface area contributed by atoms with Crippen LogP contribution in [-0.4, -0.2) is 18.2 Å². The number of aryl methyl sites for hydroxylation is 1. The molecule has 0 saturated carbocycles. The average Bonchev–Trinajstić information content (AvgIpc) is 2.27. The summed E-state index contributed by atoms with van der Waals surface area (Å²) in [7, 11) is 1.34. The molecule has 3 nitrogen and oxygen atoms in total. The van der Waals surface area contributed by atoms with Gasteiger partial charge in [-0.1, -0.05) is 6.07 Å². The number of alkyl halides is 2. The summed E-state index contributed by atoms with van der Waals surface area (Å²) in [5.74, 6) is -3.72. The maximum Gasteiger partial charge on any atom is 0.303 e. The van der Waals surface area contributed by atoms with Gasteiger partial charge in [0.2, 0.25) is 0 Å². The molecule has 0 radical (unpaired) electrons. The predicted octanol–water partition coefficient (Wildman–Crippen LogP) is 3.21. The number of carbonyl (C=O) groups is 1. The molecule has 0 amide bonds. The number of ether oxygens (including phenoxy) is 1. The topological polar surface area (TPSA) is 46.5 Å². The van der Waals surface area contributed by atoms with Gasteiger partial charge in [0.1, 0.15) is 5.75 Å². The van der Waals surface area contributed by atoms with Crippen molar-refractivity contribution in [1.29, 1.82) is 0 Å². The van der Waals surface area contributed by atoms with E-state index in [0.717, 1.165) is 6.92 Å².